The first-order valence-corrected chi connectivity index (χ1v) is 7.71. The number of H-pyrrole nitrogens is 1. The van der Waals surface area contributed by atoms with Crippen molar-refractivity contribution in [3.63, 3.8) is 0 Å². The van der Waals surface area contributed by atoms with E-state index in [1.165, 1.54) is 11.1 Å². The van der Waals surface area contributed by atoms with Crippen molar-refractivity contribution in [1.29, 1.82) is 0 Å². The van der Waals surface area contributed by atoms with Crippen molar-refractivity contribution in [3.05, 3.63) is 47.7 Å². The lowest BCUT2D eigenvalue weighted by Gasteiger charge is -2.30. The molecular formula is C18H19N3O2. The van der Waals surface area contributed by atoms with Crippen LogP contribution in [0.25, 0.3) is 11.0 Å². The molecule has 118 valence electrons. The number of nitrogens with one attached hydrogen (secondary N) is 1. The topological polar surface area (TPSA) is 50.4 Å². The summed E-state index contributed by atoms with van der Waals surface area (Å²) in [6, 6.07) is 10.4. The minimum Gasteiger partial charge on any atom is -0.493 e. The predicted octanol–water partition coefficient (Wildman–Crippen LogP) is 3.14. The minimum absolute atomic E-state index is 0.779. The highest BCUT2D eigenvalue weighted by Gasteiger charge is 2.20. The molecule has 0 amide bonds. The van der Waals surface area contributed by atoms with Crippen LogP contribution < -0.4 is 14.4 Å². The Hall–Kier alpha value is -2.69. The maximum absolute atomic E-state index is 5.43. The van der Waals surface area contributed by atoms with Gasteiger partial charge < -0.3 is 19.4 Å². The average molecular weight is 309 g/mol. The molecular weight excluding hydrogens is 290 g/mol. The summed E-state index contributed by atoms with van der Waals surface area (Å²) in [6.07, 6.45) is 2.89. The van der Waals surface area contributed by atoms with Crippen molar-refractivity contribution >= 4 is 16.9 Å². The van der Waals surface area contributed by atoms with E-state index >= 15 is 0 Å². The van der Waals surface area contributed by atoms with Gasteiger partial charge in [0, 0.05) is 24.7 Å². The Kier molecular flexibility index (Phi) is 3.33. The summed E-state index contributed by atoms with van der Waals surface area (Å²) < 4.78 is 10.8. The Labute approximate surface area is 134 Å². The molecule has 5 heteroatoms. The highest BCUT2D eigenvalue weighted by molar-refractivity contribution is 5.77. The molecule has 0 saturated heterocycles. The van der Waals surface area contributed by atoms with Crippen LogP contribution in [-0.4, -0.2) is 30.7 Å². The number of benzene rings is 1. The Balaban J connectivity index is 1.67. The molecule has 1 aliphatic rings. The van der Waals surface area contributed by atoms with Crippen LogP contribution in [0.2, 0.25) is 0 Å². The molecule has 0 aliphatic carbocycles. The number of pyridine rings is 1. The highest BCUT2D eigenvalue weighted by atomic mass is 16.5. The van der Waals surface area contributed by atoms with E-state index in [0.717, 1.165) is 47.9 Å². The fourth-order valence-corrected chi connectivity index (χ4v) is 3.17. The molecule has 0 saturated carbocycles. The minimum atomic E-state index is 0.779. The standard InChI is InChI=1S/C18H19N3O2/c1-22-15-9-13-6-8-21(11-14(13)10-16(15)23-2)17-4-3-12-5-7-19-18(12)20-17/h3-5,7,9-10H,6,8,11H2,1-2H3,(H,19,20). The van der Waals surface area contributed by atoms with Crippen LogP contribution in [0.1, 0.15) is 11.1 Å². The summed E-state index contributed by atoms with van der Waals surface area (Å²) in [5.74, 6) is 2.58. The first-order chi connectivity index (χ1) is 11.3. The summed E-state index contributed by atoms with van der Waals surface area (Å²) in [7, 11) is 3.35. The van der Waals surface area contributed by atoms with Crippen LogP contribution in [0, 0.1) is 0 Å². The van der Waals surface area contributed by atoms with Gasteiger partial charge in [0.2, 0.25) is 0 Å². The fourth-order valence-electron chi connectivity index (χ4n) is 3.17. The van der Waals surface area contributed by atoms with Crippen LogP contribution in [0.15, 0.2) is 36.5 Å². The van der Waals surface area contributed by atoms with Gasteiger partial charge in [-0.05, 0) is 47.9 Å². The third-order valence-electron chi connectivity index (χ3n) is 4.44. The second-order valence-electron chi connectivity index (χ2n) is 5.73. The number of aromatic amines is 1. The normalized spacial score (nSPS) is 13.9. The van der Waals surface area contributed by atoms with Crippen molar-refractivity contribution < 1.29 is 9.47 Å². The van der Waals surface area contributed by atoms with Crippen LogP contribution >= 0.6 is 0 Å². The molecule has 0 radical (unpaired) electrons. The summed E-state index contributed by atoms with van der Waals surface area (Å²) in [6.45, 7) is 1.77. The van der Waals surface area contributed by atoms with Crippen molar-refractivity contribution in [1.82, 2.24) is 9.97 Å². The SMILES string of the molecule is COc1cc2c(cc1OC)CN(c1ccc3cc[nH]c3n1)CC2. The third kappa shape index (κ3) is 2.38. The Morgan fingerprint density at radius 1 is 1.04 bits per heavy atom. The lowest BCUT2D eigenvalue weighted by atomic mass is 9.99. The first-order valence-electron chi connectivity index (χ1n) is 7.71. The van der Waals surface area contributed by atoms with Gasteiger partial charge >= 0.3 is 0 Å². The molecule has 3 heterocycles. The lowest BCUT2D eigenvalue weighted by Crippen LogP contribution is -2.31. The largest absolute Gasteiger partial charge is 0.493 e. The van der Waals surface area contributed by atoms with E-state index in [2.05, 4.69) is 34.1 Å². The smallest absolute Gasteiger partial charge is 0.161 e. The zero-order chi connectivity index (χ0) is 15.8. The second-order valence-corrected chi connectivity index (χ2v) is 5.73. The Bertz CT molecular complexity index is 857. The van der Waals surface area contributed by atoms with Gasteiger partial charge in [-0.15, -0.1) is 0 Å². The number of hydrogen-bond donors (Lipinski definition) is 1. The molecule has 0 unspecified atom stereocenters. The summed E-state index contributed by atoms with van der Waals surface area (Å²) in [4.78, 5) is 10.2. The van der Waals surface area contributed by atoms with Crippen LogP contribution in [0.5, 0.6) is 11.5 Å². The van der Waals surface area contributed by atoms with Gasteiger partial charge in [0.1, 0.15) is 11.5 Å². The zero-order valence-electron chi connectivity index (χ0n) is 13.3. The fraction of sp³-hybridized carbons (Fsp3) is 0.278. The number of nitrogens with zero attached hydrogens (tertiary/aromatic N) is 2. The van der Waals surface area contributed by atoms with Crippen molar-refractivity contribution in [3.8, 4) is 11.5 Å². The monoisotopic (exact) mass is 309 g/mol. The number of rotatable bonds is 3. The Morgan fingerprint density at radius 2 is 1.83 bits per heavy atom. The van der Waals surface area contributed by atoms with Crippen molar-refractivity contribution in [2.45, 2.75) is 13.0 Å². The van der Waals surface area contributed by atoms with E-state index in [4.69, 9.17) is 14.5 Å². The van der Waals surface area contributed by atoms with Crippen LogP contribution in [0.4, 0.5) is 5.82 Å². The number of methoxy groups -OCH3 is 2. The molecule has 5 nitrogen and oxygen atoms in total. The second kappa shape index (κ2) is 5.50. The molecule has 3 aromatic rings. The van der Waals surface area contributed by atoms with E-state index in [9.17, 15) is 0 Å². The summed E-state index contributed by atoms with van der Waals surface area (Å²) in [5, 5.41) is 1.14. The van der Waals surface area contributed by atoms with Gasteiger partial charge in [-0.3, -0.25) is 0 Å². The van der Waals surface area contributed by atoms with Gasteiger partial charge in [-0.2, -0.15) is 0 Å². The van der Waals surface area contributed by atoms with Crippen LogP contribution in [-0.2, 0) is 13.0 Å². The number of hydrogen-bond acceptors (Lipinski definition) is 4. The quantitative estimate of drug-likeness (QED) is 0.807. The van der Waals surface area contributed by atoms with E-state index in [0.29, 0.717) is 0 Å². The number of ether oxygens (including phenoxy) is 2. The molecule has 0 bridgehead atoms. The highest BCUT2D eigenvalue weighted by Crippen LogP contribution is 2.34. The molecule has 2 aromatic heterocycles. The Morgan fingerprint density at radius 3 is 2.61 bits per heavy atom. The first kappa shape index (κ1) is 13.9. The van der Waals surface area contributed by atoms with Gasteiger partial charge in [-0.1, -0.05) is 0 Å². The molecule has 0 fully saturated rings. The zero-order valence-corrected chi connectivity index (χ0v) is 13.3. The number of fused-ring (bicyclic) bond motifs is 2. The molecule has 1 N–H and O–H groups in total. The summed E-state index contributed by atoms with van der Waals surface area (Å²) in [5.41, 5.74) is 3.52. The maximum atomic E-state index is 5.43. The van der Waals surface area contributed by atoms with Gasteiger partial charge in [0.25, 0.3) is 0 Å². The average Bonchev–Trinajstić information content (AvgIpc) is 3.07. The lowest BCUT2D eigenvalue weighted by molar-refractivity contribution is 0.353. The van der Waals surface area contributed by atoms with E-state index in [1.54, 1.807) is 14.2 Å². The molecule has 1 aromatic carbocycles. The van der Waals surface area contributed by atoms with E-state index in [-0.39, 0.29) is 0 Å². The van der Waals surface area contributed by atoms with Gasteiger partial charge in [0.15, 0.2) is 11.5 Å². The van der Waals surface area contributed by atoms with Crippen LogP contribution in [0.3, 0.4) is 0 Å². The molecule has 1 aliphatic heterocycles. The third-order valence-corrected chi connectivity index (χ3v) is 4.44. The van der Waals surface area contributed by atoms with Crippen molar-refractivity contribution in [2.24, 2.45) is 0 Å². The predicted molar refractivity (Wildman–Crippen MR) is 90.4 cm³/mol. The molecule has 0 spiro atoms. The molecule has 0 atom stereocenters. The van der Waals surface area contributed by atoms with E-state index in [1.807, 2.05) is 12.3 Å². The van der Waals surface area contributed by atoms with E-state index < -0.39 is 0 Å². The number of anilines is 1. The number of aromatic nitrogens is 2. The van der Waals surface area contributed by atoms with Gasteiger partial charge in [0.05, 0.1) is 14.2 Å². The maximum Gasteiger partial charge on any atom is 0.161 e. The van der Waals surface area contributed by atoms with Gasteiger partial charge in [-0.25, -0.2) is 4.98 Å². The molecule has 4 rings (SSSR count). The van der Waals surface area contributed by atoms with Crippen molar-refractivity contribution in [2.75, 3.05) is 25.7 Å². The molecule has 23 heavy (non-hydrogen) atoms. The summed E-state index contributed by atoms with van der Waals surface area (Å²) >= 11 is 0.